The fraction of sp³-hybridized carbons (Fsp3) is 0.556. The summed E-state index contributed by atoms with van der Waals surface area (Å²) in [7, 11) is -5.93. The normalized spacial score (nSPS) is 28.9. The third kappa shape index (κ3) is 4.64. The van der Waals surface area contributed by atoms with Crippen LogP contribution in [0.2, 0.25) is 0 Å². The molecule has 1 aromatic rings. The van der Waals surface area contributed by atoms with Crippen LogP contribution in [0.4, 0.5) is 13.2 Å². The van der Waals surface area contributed by atoms with Crippen molar-refractivity contribution < 1.29 is 49.9 Å². The van der Waals surface area contributed by atoms with Gasteiger partial charge in [-0.2, -0.15) is 17.2 Å². The minimum atomic E-state index is -5.93. The molecule has 188 valence electrons. The Labute approximate surface area is 236 Å². The van der Waals surface area contributed by atoms with Gasteiger partial charge in [-0.15, -0.1) is 11.8 Å². The van der Waals surface area contributed by atoms with Gasteiger partial charge in [0.2, 0.25) is 0 Å². The van der Waals surface area contributed by atoms with Gasteiger partial charge < -0.3 is 14.2 Å². The van der Waals surface area contributed by atoms with E-state index in [1.807, 2.05) is 6.07 Å². The van der Waals surface area contributed by atoms with E-state index in [4.69, 9.17) is 18.8 Å². The lowest BCUT2D eigenvalue weighted by Gasteiger charge is -2.41. The highest BCUT2D eigenvalue weighted by Crippen LogP contribution is 2.58. The molecule has 5 unspecified atom stereocenters. The van der Waals surface area contributed by atoms with Gasteiger partial charge in [0, 0.05) is 25.2 Å². The average molecular weight is 860 g/mol. The predicted molar refractivity (Wildman–Crippen MR) is 138 cm³/mol. The molecule has 5 atom stereocenters. The first-order chi connectivity index (χ1) is 15.7. The Bertz CT molecular complexity index is 1170. The number of esters is 2. The zero-order valence-electron chi connectivity index (χ0n) is 16.6. The first kappa shape index (κ1) is 27.2. The van der Waals surface area contributed by atoms with Crippen molar-refractivity contribution in [1.29, 1.82) is 0 Å². The molecule has 1 spiro atoms. The molecule has 1 aromatic carbocycles. The molecule has 0 aliphatic carbocycles. The maximum absolute atomic E-state index is 13.6. The van der Waals surface area contributed by atoms with Crippen LogP contribution in [0.3, 0.4) is 0 Å². The Hall–Kier alpha value is 0.200. The van der Waals surface area contributed by atoms with Crippen LogP contribution in [0.5, 0.6) is 5.75 Å². The summed E-state index contributed by atoms with van der Waals surface area (Å²) < 4.78 is 89.0. The summed E-state index contributed by atoms with van der Waals surface area (Å²) in [4.78, 5) is 25.3. The van der Waals surface area contributed by atoms with Gasteiger partial charge in [0.05, 0.1) is 21.3 Å². The first-order valence-electron chi connectivity index (χ1n) is 9.59. The molecule has 0 radical (unpaired) electrons. The number of rotatable bonds is 6. The van der Waals surface area contributed by atoms with E-state index in [1.165, 1.54) is 11.8 Å². The van der Waals surface area contributed by atoms with Crippen molar-refractivity contribution in [3.8, 4) is 5.75 Å². The van der Waals surface area contributed by atoms with Gasteiger partial charge in [0.1, 0.15) is 5.56 Å². The number of fused-ring (bicyclic) bond motifs is 4. The molecule has 8 nitrogen and oxygen atoms in total. The molecule has 1 N–H and O–H groups in total. The lowest BCUT2D eigenvalue weighted by Crippen LogP contribution is -2.53. The Morgan fingerprint density at radius 3 is 2.59 bits per heavy atom. The summed E-state index contributed by atoms with van der Waals surface area (Å²) >= 11 is 7.65. The second kappa shape index (κ2) is 9.50. The summed E-state index contributed by atoms with van der Waals surface area (Å²) in [5.74, 6) is -2.72. The number of alkyl halides is 3. The molecule has 3 aliphatic heterocycles. The molecular formula is C18H14F3I3O8S2. The van der Waals surface area contributed by atoms with Crippen molar-refractivity contribution in [3.05, 3.63) is 22.3 Å². The quantitative estimate of drug-likeness (QED) is 0.193. The highest BCUT2D eigenvalue weighted by Gasteiger charge is 2.64. The van der Waals surface area contributed by atoms with Crippen molar-refractivity contribution in [2.75, 3.05) is 6.61 Å². The molecular weight excluding hydrogens is 846 g/mol. The number of benzene rings is 1. The van der Waals surface area contributed by atoms with Gasteiger partial charge in [-0.3, -0.25) is 9.35 Å². The van der Waals surface area contributed by atoms with Crippen LogP contribution in [0.15, 0.2) is 6.07 Å². The second-order valence-corrected chi connectivity index (χ2v) is 14.2. The van der Waals surface area contributed by atoms with E-state index in [-0.39, 0.29) is 23.3 Å². The number of halogens is 6. The molecule has 0 amide bonds. The molecule has 34 heavy (non-hydrogen) atoms. The number of ether oxygens (including phenoxy) is 3. The van der Waals surface area contributed by atoms with Crippen molar-refractivity contribution in [2.45, 2.75) is 47.0 Å². The Morgan fingerprint density at radius 1 is 1.32 bits per heavy atom. The third-order valence-corrected chi connectivity index (χ3v) is 12.2. The molecule has 3 aliphatic rings. The largest absolute Gasteiger partial charge is 0.465 e. The number of carbonyl (C=O) groups excluding carboxylic acids is 2. The summed E-state index contributed by atoms with van der Waals surface area (Å²) in [6.45, 7) is -0.789. The molecule has 4 rings (SSSR count). The van der Waals surface area contributed by atoms with E-state index in [9.17, 15) is 31.2 Å². The molecule has 16 heteroatoms. The fourth-order valence-electron chi connectivity index (χ4n) is 4.05. The van der Waals surface area contributed by atoms with Crippen LogP contribution in [-0.2, 0) is 24.4 Å². The minimum Gasteiger partial charge on any atom is -0.465 e. The molecule has 2 fully saturated rings. The van der Waals surface area contributed by atoms with Crippen LogP contribution < -0.4 is 4.74 Å². The average Bonchev–Trinajstić information content (AvgIpc) is 3.28. The zero-order valence-corrected chi connectivity index (χ0v) is 24.7. The lowest BCUT2D eigenvalue weighted by atomic mass is 9.84. The van der Waals surface area contributed by atoms with Crippen LogP contribution in [0.25, 0.3) is 0 Å². The van der Waals surface area contributed by atoms with E-state index < -0.39 is 58.2 Å². The summed E-state index contributed by atoms with van der Waals surface area (Å²) in [6.07, 6.45) is -3.91. The molecule has 0 aromatic heterocycles. The maximum Gasteiger partial charge on any atom is 0.400 e. The highest BCUT2D eigenvalue weighted by molar-refractivity contribution is 14.1. The number of hydrogen-bond acceptors (Lipinski definition) is 8. The highest BCUT2D eigenvalue weighted by atomic mass is 127. The van der Waals surface area contributed by atoms with E-state index in [0.29, 0.717) is 11.3 Å². The number of hydrogen-bond donors (Lipinski definition) is 1. The summed E-state index contributed by atoms with van der Waals surface area (Å²) in [6, 6.07) is 1.89. The van der Waals surface area contributed by atoms with Crippen LogP contribution in [0, 0.1) is 16.6 Å². The van der Waals surface area contributed by atoms with Gasteiger partial charge in [-0.25, -0.2) is 9.18 Å². The smallest absolute Gasteiger partial charge is 0.400 e. The monoisotopic (exact) mass is 860 g/mol. The molecule has 2 bridgehead atoms. The van der Waals surface area contributed by atoms with E-state index in [0.717, 1.165) is 10.7 Å². The lowest BCUT2D eigenvalue weighted by molar-refractivity contribution is -0.172. The second-order valence-electron chi connectivity index (χ2n) is 7.83. The molecule has 3 heterocycles. The summed E-state index contributed by atoms with van der Waals surface area (Å²) in [5, 5.41) is -5.72. The maximum atomic E-state index is 13.6. The van der Waals surface area contributed by atoms with Crippen molar-refractivity contribution >= 4 is 102 Å². The minimum absolute atomic E-state index is 0.207. The SMILES string of the molecule is O=C1OC2(CC3SC2CC3C(=O)OCCC(F)C(F)(F)S(=O)(=O)O)Oc2c(I)cc(I)c(I)c21. The number of thioether (sulfide) groups is 1. The fourth-order valence-corrected chi connectivity index (χ4v) is 8.86. The van der Waals surface area contributed by atoms with E-state index in [1.54, 1.807) is 0 Å². The van der Waals surface area contributed by atoms with Gasteiger partial charge in [-0.05, 0) is 80.3 Å². The van der Waals surface area contributed by atoms with Crippen LogP contribution in [0.1, 0.15) is 29.6 Å². The zero-order chi connectivity index (χ0) is 25.2. The molecule has 2 saturated heterocycles. The predicted octanol–water partition coefficient (Wildman–Crippen LogP) is 4.39. The standard InChI is InChI=1S/C18H14F3I3O8S2/c19-10(18(20,21)34(27,28)29)1-2-30-15(25)6-3-11-17(5-9(6)33-11)31-14-8(23)4-7(22)13(24)12(14)16(26)32-17/h4,6,9-11H,1-3,5H2,(H,27,28,29). The van der Waals surface area contributed by atoms with Crippen molar-refractivity contribution in [1.82, 2.24) is 0 Å². The van der Waals surface area contributed by atoms with Gasteiger partial charge >= 0.3 is 27.3 Å². The van der Waals surface area contributed by atoms with Gasteiger partial charge in [0.25, 0.3) is 5.79 Å². The topological polar surface area (TPSA) is 116 Å². The van der Waals surface area contributed by atoms with Gasteiger partial charge in [-0.1, -0.05) is 0 Å². The van der Waals surface area contributed by atoms with Crippen molar-refractivity contribution in [3.63, 3.8) is 0 Å². The van der Waals surface area contributed by atoms with E-state index in [2.05, 4.69) is 67.8 Å². The van der Waals surface area contributed by atoms with Crippen molar-refractivity contribution in [2.24, 2.45) is 5.92 Å². The Kier molecular flexibility index (Phi) is 7.61. The first-order valence-corrected chi connectivity index (χ1v) is 15.2. The van der Waals surface area contributed by atoms with Gasteiger partial charge in [0.15, 0.2) is 11.9 Å². The third-order valence-electron chi connectivity index (χ3n) is 5.73. The molecule has 0 saturated carbocycles. The Balaban J connectivity index is 1.39. The summed E-state index contributed by atoms with van der Waals surface area (Å²) in [5.41, 5.74) is 0.355. The Morgan fingerprint density at radius 2 is 2.00 bits per heavy atom. The van der Waals surface area contributed by atoms with E-state index >= 15 is 0 Å². The van der Waals surface area contributed by atoms with Crippen LogP contribution in [-0.4, -0.2) is 59.2 Å². The number of carbonyl (C=O) groups is 2. The van der Waals surface area contributed by atoms with Crippen LogP contribution >= 0.6 is 79.5 Å².